The number of rotatable bonds is 0. The first-order valence-corrected chi connectivity index (χ1v) is 1.34. The first-order chi connectivity index (χ1) is 6.00. The van der Waals surface area contributed by atoms with E-state index in [4.69, 9.17) is 71.0 Å². The van der Waals surface area contributed by atoms with Gasteiger partial charge in [0, 0.05) is 0 Å². The summed E-state index contributed by atoms with van der Waals surface area (Å²) in [6.07, 6.45) is 0. The molecule has 0 aliphatic carbocycles. The number of nitrogens with zero attached hydrogens (tertiary/aromatic N) is 6. The molecule has 0 atom stereocenters. The van der Waals surface area contributed by atoms with Crippen molar-refractivity contribution < 1.29 is 51.2 Å². The Balaban J connectivity index is -0.00000000396. The Hall–Kier alpha value is -1.50. The van der Waals surface area contributed by atoms with E-state index in [2.05, 4.69) is 0 Å². The summed E-state index contributed by atoms with van der Waals surface area (Å²) >= 11 is 0. The summed E-state index contributed by atoms with van der Waals surface area (Å²) in [4.78, 5) is 0. The third-order valence-corrected chi connectivity index (χ3v) is 0. The Morgan fingerprint density at radius 2 is 0.333 bits per heavy atom. The van der Waals surface area contributed by atoms with Crippen LogP contribution in [0.1, 0.15) is 0 Å². The molecule has 0 unspecified atom stereocenters. The van der Waals surface area contributed by atoms with Crippen molar-refractivity contribution in [3.05, 3.63) is 39.4 Å². The summed E-state index contributed by atoms with van der Waals surface area (Å²) < 4.78 is 0. The monoisotopic (exact) mass is 338 g/mol. The minimum absolute atomic E-state index is 0. The quantitative estimate of drug-likeness (QED) is 0.466. The van der Waals surface area contributed by atoms with Gasteiger partial charge in [-0.2, -0.15) is 0 Å². The SMILES string of the molecule is [C-]#N.[C-]#N.[C-]#N.[C-]#N.[C-]#N.[C-]#N.[Cu+].[Cu+].[Fe+4]. The van der Waals surface area contributed by atoms with Crippen molar-refractivity contribution in [1.82, 2.24) is 0 Å². The van der Waals surface area contributed by atoms with Crippen molar-refractivity contribution in [3.8, 4) is 0 Å². The van der Waals surface area contributed by atoms with Crippen LogP contribution in [-0.4, -0.2) is 0 Å². The standard InChI is InChI=1S/6CN.2Cu.Fe/c6*1-2;;;/q6*-1;2*+1;+4. The van der Waals surface area contributed by atoms with E-state index in [9.17, 15) is 0 Å². The average Bonchev–Trinajstić information content (AvgIpc) is 2.33. The van der Waals surface area contributed by atoms with E-state index in [0.717, 1.165) is 0 Å². The molecule has 0 aliphatic heterocycles. The summed E-state index contributed by atoms with van der Waals surface area (Å²) in [5.74, 6) is 0. The van der Waals surface area contributed by atoms with Crippen LogP contribution in [0.2, 0.25) is 0 Å². The van der Waals surface area contributed by atoms with Gasteiger partial charge >= 0.3 is 51.2 Å². The molecule has 9 heteroatoms. The van der Waals surface area contributed by atoms with Gasteiger partial charge in [-0.25, -0.2) is 0 Å². The van der Waals surface area contributed by atoms with Crippen molar-refractivity contribution in [2.75, 3.05) is 0 Å². The molecular weight excluding hydrogens is 339 g/mol. The first kappa shape index (κ1) is 104. The summed E-state index contributed by atoms with van der Waals surface area (Å²) in [6.45, 7) is 28.5. The summed E-state index contributed by atoms with van der Waals surface area (Å²) in [6, 6.07) is 0. The third kappa shape index (κ3) is 611. The molecule has 0 spiro atoms. The maximum absolute atomic E-state index is 6.25. The second-order valence-electron chi connectivity index (χ2n) is 0. The van der Waals surface area contributed by atoms with Gasteiger partial charge in [0.2, 0.25) is 0 Å². The van der Waals surface area contributed by atoms with Crippen LogP contribution in [0.4, 0.5) is 0 Å². The van der Waals surface area contributed by atoms with Gasteiger partial charge in [-0.15, -0.1) is 0 Å². The fourth-order valence-corrected chi connectivity index (χ4v) is 0. The molecule has 84 valence electrons. The van der Waals surface area contributed by atoms with E-state index in [1.165, 1.54) is 0 Å². The van der Waals surface area contributed by atoms with Crippen LogP contribution in [0.3, 0.4) is 0 Å². The predicted octanol–water partition coefficient (Wildman–Crippen LogP) is 0.571. The van der Waals surface area contributed by atoms with Gasteiger partial charge in [0.25, 0.3) is 0 Å². The van der Waals surface area contributed by atoms with Crippen LogP contribution >= 0.6 is 0 Å². The number of hydrogen-bond acceptors (Lipinski definition) is 6. The van der Waals surface area contributed by atoms with Crippen LogP contribution in [-0.2, 0) is 51.2 Å². The molecule has 0 saturated heterocycles. The Bertz CT molecular complexity index is 101. The maximum Gasteiger partial charge on any atom is 4.00 e. The molecule has 0 aromatic carbocycles. The summed E-state index contributed by atoms with van der Waals surface area (Å²) in [5, 5.41) is 37.5. The topological polar surface area (TPSA) is 143 Å². The zero-order chi connectivity index (χ0) is 12.0. The first-order valence-electron chi connectivity index (χ1n) is 1.34. The van der Waals surface area contributed by atoms with Crippen molar-refractivity contribution in [1.29, 1.82) is 31.6 Å². The van der Waals surface area contributed by atoms with Gasteiger partial charge in [0.15, 0.2) is 0 Å². The van der Waals surface area contributed by atoms with Crippen molar-refractivity contribution in [2.45, 2.75) is 0 Å². The van der Waals surface area contributed by atoms with E-state index in [0.29, 0.717) is 0 Å². The Labute approximate surface area is 122 Å². The minimum Gasteiger partial charge on any atom is -0.512 e. The Morgan fingerprint density at radius 3 is 0.333 bits per heavy atom. The molecule has 0 aromatic heterocycles. The molecule has 0 N–H and O–H groups in total. The Morgan fingerprint density at radius 1 is 0.333 bits per heavy atom. The smallest absolute Gasteiger partial charge is 0.512 e. The van der Waals surface area contributed by atoms with Gasteiger partial charge < -0.3 is 71.0 Å². The van der Waals surface area contributed by atoms with Crippen molar-refractivity contribution in [2.24, 2.45) is 0 Å². The summed E-state index contributed by atoms with van der Waals surface area (Å²) in [7, 11) is 0. The molecule has 0 aliphatic rings. The molecule has 0 fully saturated rings. The number of hydrogen-bond donors (Lipinski definition) is 0. The molecule has 15 heavy (non-hydrogen) atoms. The van der Waals surface area contributed by atoms with Crippen LogP contribution in [0.15, 0.2) is 0 Å². The largest absolute Gasteiger partial charge is 4.00 e. The van der Waals surface area contributed by atoms with Gasteiger partial charge in [-0.3, -0.25) is 0 Å². The minimum atomic E-state index is 0. The van der Waals surface area contributed by atoms with Crippen LogP contribution in [0.25, 0.3) is 0 Å². The molecule has 0 heterocycles. The van der Waals surface area contributed by atoms with Crippen molar-refractivity contribution in [3.63, 3.8) is 0 Å². The molecule has 0 amide bonds. The van der Waals surface area contributed by atoms with Crippen molar-refractivity contribution >= 4 is 0 Å². The summed E-state index contributed by atoms with van der Waals surface area (Å²) in [5.41, 5.74) is 0. The molecule has 0 rings (SSSR count). The van der Waals surface area contributed by atoms with Gasteiger partial charge in [0.05, 0.1) is 0 Å². The van der Waals surface area contributed by atoms with Gasteiger partial charge in [-0.05, 0) is 0 Å². The molecular formula is C6Cu2FeN6. The second-order valence-corrected chi connectivity index (χ2v) is 0. The predicted molar refractivity (Wildman–Crippen MR) is 29.8 cm³/mol. The van der Waals surface area contributed by atoms with Crippen LogP contribution < -0.4 is 0 Å². The fourth-order valence-electron chi connectivity index (χ4n) is 0. The van der Waals surface area contributed by atoms with E-state index >= 15 is 0 Å². The zero-order valence-electron chi connectivity index (χ0n) is 6.64. The van der Waals surface area contributed by atoms with Crippen LogP contribution in [0, 0.1) is 71.0 Å². The molecule has 0 saturated carbocycles. The van der Waals surface area contributed by atoms with Gasteiger partial charge in [0.1, 0.15) is 0 Å². The normalized spacial score (nSPS) is 0.800. The Kier molecular flexibility index (Phi) is 5090. The fraction of sp³-hybridized carbons (Fsp3) is 0. The van der Waals surface area contributed by atoms with Crippen LogP contribution in [0.5, 0.6) is 0 Å². The van der Waals surface area contributed by atoms with E-state index < -0.39 is 0 Å². The zero-order valence-corrected chi connectivity index (χ0v) is 9.63. The molecule has 0 radical (unpaired) electrons. The van der Waals surface area contributed by atoms with Gasteiger partial charge in [-0.1, -0.05) is 0 Å². The van der Waals surface area contributed by atoms with E-state index in [1.807, 2.05) is 0 Å². The maximum atomic E-state index is 6.25. The molecule has 0 aromatic rings. The second kappa shape index (κ2) is 733. The third-order valence-electron chi connectivity index (χ3n) is 0. The molecule has 0 bridgehead atoms. The molecule has 6 nitrogen and oxygen atoms in total. The van der Waals surface area contributed by atoms with E-state index in [1.54, 1.807) is 0 Å². The average molecular weight is 339 g/mol. The van der Waals surface area contributed by atoms with E-state index in [-0.39, 0.29) is 51.2 Å².